The molecule has 2 aromatic rings. The number of aromatic nitrogens is 1. The van der Waals surface area contributed by atoms with Gasteiger partial charge in [0.2, 0.25) is 0 Å². The van der Waals surface area contributed by atoms with Gasteiger partial charge in [0.15, 0.2) is 0 Å². The molecule has 0 saturated carbocycles. The van der Waals surface area contributed by atoms with Gasteiger partial charge in [0.1, 0.15) is 0 Å². The van der Waals surface area contributed by atoms with Gasteiger partial charge in [0, 0.05) is 16.6 Å². The fraction of sp³-hybridized carbons (Fsp3) is 0.438. The lowest BCUT2D eigenvalue weighted by Crippen LogP contribution is -2.27. The molecule has 3 nitrogen and oxygen atoms in total. The number of rotatable bonds is 2. The van der Waals surface area contributed by atoms with Gasteiger partial charge in [0.25, 0.3) is 0 Å². The summed E-state index contributed by atoms with van der Waals surface area (Å²) in [6.07, 6.45) is 1.80. The molecule has 0 bridgehead atoms. The monoisotopic (exact) mass is 257 g/mol. The highest BCUT2D eigenvalue weighted by Gasteiger charge is 2.34. The minimum absolute atomic E-state index is 0.00773. The second-order valence-corrected chi connectivity index (χ2v) is 5.25. The van der Waals surface area contributed by atoms with Gasteiger partial charge in [-0.15, -0.1) is 0 Å². The summed E-state index contributed by atoms with van der Waals surface area (Å²) in [5, 5.41) is 1.25. The fourth-order valence-corrected chi connectivity index (χ4v) is 3.26. The van der Waals surface area contributed by atoms with E-state index in [1.807, 2.05) is 13.0 Å². The molecule has 1 heterocycles. The molecule has 0 fully saturated rings. The molecule has 3 rings (SSSR count). The van der Waals surface area contributed by atoms with Gasteiger partial charge in [-0.3, -0.25) is 4.79 Å². The zero-order chi connectivity index (χ0) is 13.4. The summed E-state index contributed by atoms with van der Waals surface area (Å²) >= 11 is 0. The molecule has 1 aromatic carbocycles. The Balaban J connectivity index is 2.02. The molecular formula is C16H19NO2. The third kappa shape index (κ3) is 1.93. The van der Waals surface area contributed by atoms with Crippen LogP contribution in [0.4, 0.5) is 0 Å². The lowest BCUT2D eigenvalue weighted by atomic mass is 9.78. The fourth-order valence-electron chi connectivity index (χ4n) is 3.26. The van der Waals surface area contributed by atoms with Crippen molar-refractivity contribution in [3.63, 3.8) is 0 Å². The van der Waals surface area contributed by atoms with Gasteiger partial charge in [-0.25, -0.2) is 0 Å². The van der Waals surface area contributed by atoms with Crippen LogP contribution < -0.4 is 0 Å². The van der Waals surface area contributed by atoms with Crippen LogP contribution in [-0.2, 0) is 16.0 Å². The Kier molecular flexibility index (Phi) is 3.05. The molecule has 0 unspecified atom stereocenters. The smallest absolute Gasteiger partial charge is 0.309 e. The van der Waals surface area contributed by atoms with Gasteiger partial charge in [0.05, 0.1) is 12.5 Å². The zero-order valence-electron chi connectivity index (χ0n) is 11.4. The van der Waals surface area contributed by atoms with Crippen LogP contribution >= 0.6 is 0 Å². The van der Waals surface area contributed by atoms with E-state index in [0.29, 0.717) is 6.61 Å². The second kappa shape index (κ2) is 4.72. The molecule has 3 heteroatoms. The average molecular weight is 257 g/mol. The summed E-state index contributed by atoms with van der Waals surface area (Å²) < 4.78 is 5.21. The van der Waals surface area contributed by atoms with E-state index in [9.17, 15) is 4.79 Å². The van der Waals surface area contributed by atoms with E-state index in [0.717, 1.165) is 12.8 Å². The number of hydrogen-bond donors (Lipinski definition) is 1. The average Bonchev–Trinajstić information content (AvgIpc) is 2.78. The standard InChI is InChI=1S/C16H19NO2/c1-3-19-16(18)11-8-9-14-15(10(11)2)12-6-4-5-7-13(12)17-14/h4-7,10-11,17H,3,8-9H2,1-2H3/t10-,11-/m0/s1. The maximum absolute atomic E-state index is 12.0. The van der Waals surface area contributed by atoms with Crippen molar-refractivity contribution in [2.24, 2.45) is 5.92 Å². The van der Waals surface area contributed by atoms with Crippen LogP contribution in [0, 0.1) is 5.92 Å². The largest absolute Gasteiger partial charge is 0.466 e. The van der Waals surface area contributed by atoms with Crippen molar-refractivity contribution in [3.8, 4) is 0 Å². The number of hydrogen-bond acceptors (Lipinski definition) is 2. The molecule has 0 spiro atoms. The maximum atomic E-state index is 12.0. The Morgan fingerprint density at radius 1 is 1.42 bits per heavy atom. The van der Waals surface area contributed by atoms with E-state index in [1.54, 1.807) is 0 Å². The summed E-state index contributed by atoms with van der Waals surface area (Å²) in [6, 6.07) is 8.32. The van der Waals surface area contributed by atoms with Crippen molar-refractivity contribution in [2.75, 3.05) is 6.61 Å². The normalized spacial score (nSPS) is 22.2. The van der Waals surface area contributed by atoms with Crippen molar-refractivity contribution in [1.29, 1.82) is 0 Å². The summed E-state index contributed by atoms with van der Waals surface area (Å²) in [5.74, 6) is 0.163. The van der Waals surface area contributed by atoms with Crippen molar-refractivity contribution in [2.45, 2.75) is 32.6 Å². The Morgan fingerprint density at radius 2 is 2.21 bits per heavy atom. The van der Waals surface area contributed by atoms with Crippen molar-refractivity contribution < 1.29 is 9.53 Å². The maximum Gasteiger partial charge on any atom is 0.309 e. The quantitative estimate of drug-likeness (QED) is 0.838. The number of carbonyl (C=O) groups excluding carboxylic acids is 1. The molecule has 0 amide bonds. The zero-order valence-corrected chi connectivity index (χ0v) is 11.4. The summed E-state index contributed by atoms with van der Waals surface area (Å²) in [4.78, 5) is 15.5. The van der Waals surface area contributed by atoms with E-state index in [2.05, 4.69) is 30.1 Å². The molecular weight excluding hydrogens is 238 g/mol. The highest BCUT2D eigenvalue weighted by molar-refractivity contribution is 5.87. The van der Waals surface area contributed by atoms with E-state index in [1.165, 1.54) is 22.2 Å². The number of ether oxygens (including phenoxy) is 1. The number of nitrogens with one attached hydrogen (secondary N) is 1. The lowest BCUT2D eigenvalue weighted by Gasteiger charge is -2.27. The predicted octanol–water partition coefficient (Wildman–Crippen LogP) is 3.40. The predicted molar refractivity (Wildman–Crippen MR) is 75.2 cm³/mol. The lowest BCUT2D eigenvalue weighted by molar-refractivity contribution is -0.149. The highest BCUT2D eigenvalue weighted by atomic mass is 16.5. The molecule has 1 N–H and O–H groups in total. The summed E-state index contributed by atoms with van der Waals surface area (Å²) in [6.45, 7) is 4.46. The number of aryl methyl sites for hydroxylation is 1. The van der Waals surface area contributed by atoms with Crippen LogP contribution in [0.15, 0.2) is 24.3 Å². The van der Waals surface area contributed by atoms with E-state index in [-0.39, 0.29) is 17.8 Å². The number of aromatic amines is 1. The highest BCUT2D eigenvalue weighted by Crippen LogP contribution is 2.40. The van der Waals surface area contributed by atoms with E-state index >= 15 is 0 Å². The Labute approximate surface area is 113 Å². The summed E-state index contributed by atoms with van der Waals surface area (Å²) in [5.41, 5.74) is 3.76. The molecule has 1 aromatic heterocycles. The molecule has 0 radical (unpaired) electrons. The third-order valence-corrected chi connectivity index (χ3v) is 4.18. The van der Waals surface area contributed by atoms with E-state index in [4.69, 9.17) is 4.74 Å². The third-order valence-electron chi connectivity index (χ3n) is 4.18. The number of benzene rings is 1. The minimum atomic E-state index is -0.0501. The number of carbonyl (C=O) groups is 1. The van der Waals surface area contributed by atoms with E-state index < -0.39 is 0 Å². The summed E-state index contributed by atoms with van der Waals surface area (Å²) in [7, 11) is 0. The minimum Gasteiger partial charge on any atom is -0.466 e. The van der Waals surface area contributed by atoms with Crippen LogP contribution in [0.3, 0.4) is 0 Å². The number of esters is 1. The first-order valence-corrected chi connectivity index (χ1v) is 6.98. The molecule has 1 aliphatic rings. The van der Waals surface area contributed by atoms with Crippen LogP contribution in [0.5, 0.6) is 0 Å². The second-order valence-electron chi connectivity index (χ2n) is 5.25. The number of fused-ring (bicyclic) bond motifs is 3. The first kappa shape index (κ1) is 12.3. The molecule has 2 atom stereocenters. The van der Waals surface area contributed by atoms with Crippen molar-refractivity contribution in [1.82, 2.24) is 4.98 Å². The first-order valence-electron chi connectivity index (χ1n) is 6.98. The Bertz CT molecular complexity index is 614. The molecule has 0 aliphatic heterocycles. The van der Waals surface area contributed by atoms with Gasteiger partial charge < -0.3 is 9.72 Å². The van der Waals surface area contributed by atoms with Gasteiger partial charge in [-0.1, -0.05) is 25.1 Å². The van der Waals surface area contributed by atoms with Crippen LogP contribution in [-0.4, -0.2) is 17.6 Å². The number of H-pyrrole nitrogens is 1. The topological polar surface area (TPSA) is 42.1 Å². The van der Waals surface area contributed by atoms with Crippen LogP contribution in [0.2, 0.25) is 0 Å². The molecule has 19 heavy (non-hydrogen) atoms. The van der Waals surface area contributed by atoms with Gasteiger partial charge in [-0.05, 0) is 37.3 Å². The Hall–Kier alpha value is -1.77. The van der Waals surface area contributed by atoms with Gasteiger partial charge >= 0.3 is 5.97 Å². The number of para-hydroxylation sites is 1. The van der Waals surface area contributed by atoms with Crippen molar-refractivity contribution >= 4 is 16.9 Å². The van der Waals surface area contributed by atoms with Crippen LogP contribution in [0.1, 0.15) is 37.4 Å². The molecule has 100 valence electrons. The van der Waals surface area contributed by atoms with Crippen LogP contribution in [0.25, 0.3) is 10.9 Å². The SMILES string of the molecule is CCOC(=O)[C@H]1CCc2[nH]c3ccccc3c2[C@H]1C. The van der Waals surface area contributed by atoms with Crippen molar-refractivity contribution in [3.05, 3.63) is 35.5 Å². The first-order chi connectivity index (χ1) is 9.22. The Morgan fingerprint density at radius 3 is 3.00 bits per heavy atom. The molecule has 1 aliphatic carbocycles. The molecule has 0 saturated heterocycles. The van der Waals surface area contributed by atoms with Gasteiger partial charge in [-0.2, -0.15) is 0 Å².